The van der Waals surface area contributed by atoms with Crippen LogP contribution in [-0.4, -0.2) is 0 Å². The van der Waals surface area contributed by atoms with Gasteiger partial charge in [0.1, 0.15) is 0 Å². The van der Waals surface area contributed by atoms with Crippen molar-refractivity contribution >= 4 is 0 Å². The standard InChI is InChI=1S/C18H20/c1-12-4-6-15(7-5-12)18-10-16-8-13(2)14(3)9-17(16)11-18/h4-9,18H,10-11H2,1-3H3. The molecule has 3 rings (SSSR count). The highest BCUT2D eigenvalue weighted by Crippen LogP contribution is 2.35. The first-order chi connectivity index (χ1) is 8.63. The Hall–Kier alpha value is -1.56. The third kappa shape index (κ3) is 1.96. The molecule has 0 nitrogen and oxygen atoms in total. The van der Waals surface area contributed by atoms with Crippen molar-refractivity contribution in [3.63, 3.8) is 0 Å². The van der Waals surface area contributed by atoms with Crippen LogP contribution in [0.3, 0.4) is 0 Å². The highest BCUT2D eigenvalue weighted by atomic mass is 14.3. The molecule has 92 valence electrons. The van der Waals surface area contributed by atoms with Gasteiger partial charge in [0.2, 0.25) is 0 Å². The van der Waals surface area contributed by atoms with Crippen LogP contribution in [0.5, 0.6) is 0 Å². The number of aryl methyl sites for hydroxylation is 3. The largest absolute Gasteiger partial charge is 0.0590 e. The summed E-state index contributed by atoms with van der Waals surface area (Å²) in [6, 6.07) is 13.8. The van der Waals surface area contributed by atoms with Crippen molar-refractivity contribution in [3.8, 4) is 0 Å². The Morgan fingerprint density at radius 3 is 1.78 bits per heavy atom. The molecule has 0 saturated carbocycles. The van der Waals surface area contributed by atoms with Gasteiger partial charge in [0, 0.05) is 0 Å². The predicted octanol–water partition coefficient (Wildman–Crippen LogP) is 4.49. The van der Waals surface area contributed by atoms with E-state index in [1.54, 1.807) is 11.1 Å². The van der Waals surface area contributed by atoms with Gasteiger partial charge < -0.3 is 0 Å². The Kier molecular flexibility index (Phi) is 2.74. The second-order valence-electron chi connectivity index (χ2n) is 5.72. The molecule has 2 aromatic rings. The molecule has 18 heavy (non-hydrogen) atoms. The van der Waals surface area contributed by atoms with Crippen LogP contribution in [0.4, 0.5) is 0 Å². The van der Waals surface area contributed by atoms with E-state index >= 15 is 0 Å². The molecule has 2 aromatic carbocycles. The van der Waals surface area contributed by atoms with Crippen molar-refractivity contribution in [2.75, 3.05) is 0 Å². The Morgan fingerprint density at radius 2 is 1.28 bits per heavy atom. The topological polar surface area (TPSA) is 0 Å². The lowest BCUT2D eigenvalue weighted by atomic mass is 9.95. The highest BCUT2D eigenvalue weighted by molar-refractivity contribution is 5.43. The summed E-state index contributed by atoms with van der Waals surface area (Å²) in [5.74, 6) is 0.682. The van der Waals surface area contributed by atoms with Gasteiger partial charge >= 0.3 is 0 Å². The minimum Gasteiger partial charge on any atom is -0.0590 e. The van der Waals surface area contributed by atoms with Gasteiger partial charge in [-0.1, -0.05) is 42.0 Å². The monoisotopic (exact) mass is 236 g/mol. The van der Waals surface area contributed by atoms with Gasteiger partial charge in [-0.25, -0.2) is 0 Å². The molecule has 0 amide bonds. The molecule has 0 radical (unpaired) electrons. The van der Waals surface area contributed by atoms with Crippen LogP contribution in [-0.2, 0) is 12.8 Å². The lowest BCUT2D eigenvalue weighted by Crippen LogP contribution is -1.97. The molecule has 0 heterocycles. The lowest BCUT2D eigenvalue weighted by Gasteiger charge is -2.09. The molecule has 0 aromatic heterocycles. The fourth-order valence-corrected chi connectivity index (χ4v) is 2.99. The summed E-state index contributed by atoms with van der Waals surface area (Å²) in [7, 11) is 0. The van der Waals surface area contributed by atoms with Crippen molar-refractivity contribution in [1.29, 1.82) is 0 Å². The van der Waals surface area contributed by atoms with E-state index < -0.39 is 0 Å². The van der Waals surface area contributed by atoms with E-state index in [0.29, 0.717) is 5.92 Å². The third-order valence-corrected chi connectivity index (χ3v) is 4.30. The van der Waals surface area contributed by atoms with Crippen molar-refractivity contribution < 1.29 is 0 Å². The van der Waals surface area contributed by atoms with Gasteiger partial charge in [0.05, 0.1) is 0 Å². The zero-order valence-corrected chi connectivity index (χ0v) is 11.5. The lowest BCUT2D eigenvalue weighted by molar-refractivity contribution is 0.741. The number of fused-ring (bicyclic) bond motifs is 1. The van der Waals surface area contributed by atoms with E-state index in [1.807, 2.05) is 0 Å². The predicted molar refractivity (Wildman–Crippen MR) is 77.2 cm³/mol. The van der Waals surface area contributed by atoms with Gasteiger partial charge in [-0.05, 0) is 67.3 Å². The minimum atomic E-state index is 0.682. The number of hydrogen-bond donors (Lipinski definition) is 0. The summed E-state index contributed by atoms with van der Waals surface area (Å²) in [6.45, 7) is 6.59. The van der Waals surface area contributed by atoms with Crippen molar-refractivity contribution in [2.24, 2.45) is 0 Å². The highest BCUT2D eigenvalue weighted by Gasteiger charge is 2.23. The second kappa shape index (κ2) is 4.28. The van der Waals surface area contributed by atoms with Crippen LogP contribution in [0.1, 0.15) is 39.3 Å². The molecule has 0 atom stereocenters. The average molecular weight is 236 g/mol. The maximum atomic E-state index is 2.39. The Labute approximate surface area is 110 Å². The molecule has 0 saturated heterocycles. The minimum absolute atomic E-state index is 0.682. The fourth-order valence-electron chi connectivity index (χ4n) is 2.99. The smallest absolute Gasteiger partial charge is 0.00808 e. The van der Waals surface area contributed by atoms with Gasteiger partial charge in [-0.2, -0.15) is 0 Å². The second-order valence-corrected chi connectivity index (χ2v) is 5.72. The van der Waals surface area contributed by atoms with Crippen LogP contribution in [0.15, 0.2) is 36.4 Å². The number of rotatable bonds is 1. The average Bonchev–Trinajstić information content (AvgIpc) is 2.73. The van der Waals surface area contributed by atoms with Gasteiger partial charge in [-0.15, -0.1) is 0 Å². The van der Waals surface area contributed by atoms with Crippen LogP contribution in [0.25, 0.3) is 0 Å². The summed E-state index contributed by atoms with van der Waals surface area (Å²) >= 11 is 0. The van der Waals surface area contributed by atoms with Crippen LogP contribution < -0.4 is 0 Å². The summed E-state index contributed by atoms with van der Waals surface area (Å²) in [5, 5.41) is 0. The molecule has 0 heteroatoms. The molecule has 0 spiro atoms. The molecule has 0 N–H and O–H groups in total. The molecule has 0 aliphatic heterocycles. The first kappa shape index (κ1) is 11.5. The molecule has 1 aliphatic carbocycles. The molecule has 1 aliphatic rings. The molecular formula is C18H20. The van der Waals surface area contributed by atoms with Crippen LogP contribution >= 0.6 is 0 Å². The van der Waals surface area contributed by atoms with Crippen molar-refractivity contribution in [2.45, 2.75) is 39.5 Å². The zero-order chi connectivity index (χ0) is 12.7. The SMILES string of the molecule is Cc1ccc(C2Cc3cc(C)c(C)cc3C2)cc1. The Bertz CT molecular complexity index is 545. The van der Waals surface area contributed by atoms with E-state index in [0.717, 1.165) is 0 Å². The van der Waals surface area contributed by atoms with Crippen molar-refractivity contribution in [1.82, 2.24) is 0 Å². The van der Waals surface area contributed by atoms with E-state index in [-0.39, 0.29) is 0 Å². The van der Waals surface area contributed by atoms with E-state index in [4.69, 9.17) is 0 Å². The van der Waals surface area contributed by atoms with Crippen LogP contribution in [0.2, 0.25) is 0 Å². The molecule has 0 unspecified atom stereocenters. The molecular weight excluding hydrogens is 216 g/mol. The van der Waals surface area contributed by atoms with Crippen molar-refractivity contribution in [3.05, 3.63) is 69.8 Å². The summed E-state index contributed by atoms with van der Waals surface area (Å²) in [5.41, 5.74) is 8.82. The normalized spacial score (nSPS) is 14.8. The molecule has 0 bridgehead atoms. The number of hydrogen-bond acceptors (Lipinski definition) is 0. The van der Waals surface area contributed by atoms with E-state index in [1.165, 1.54) is 35.1 Å². The fraction of sp³-hybridized carbons (Fsp3) is 0.333. The summed E-state index contributed by atoms with van der Waals surface area (Å²) in [6.07, 6.45) is 2.42. The van der Waals surface area contributed by atoms with Crippen LogP contribution in [0, 0.1) is 20.8 Å². The molecule has 0 fully saturated rings. The Morgan fingerprint density at radius 1 is 0.778 bits per heavy atom. The number of benzene rings is 2. The first-order valence-corrected chi connectivity index (χ1v) is 6.79. The third-order valence-electron chi connectivity index (χ3n) is 4.30. The Balaban J connectivity index is 1.91. The maximum Gasteiger partial charge on any atom is -0.00808 e. The quantitative estimate of drug-likeness (QED) is 0.684. The van der Waals surface area contributed by atoms with Gasteiger partial charge in [0.15, 0.2) is 0 Å². The van der Waals surface area contributed by atoms with Gasteiger partial charge in [0.25, 0.3) is 0 Å². The zero-order valence-electron chi connectivity index (χ0n) is 11.5. The van der Waals surface area contributed by atoms with E-state index in [9.17, 15) is 0 Å². The summed E-state index contributed by atoms with van der Waals surface area (Å²) in [4.78, 5) is 0. The van der Waals surface area contributed by atoms with E-state index in [2.05, 4.69) is 57.2 Å². The summed E-state index contributed by atoms with van der Waals surface area (Å²) < 4.78 is 0. The van der Waals surface area contributed by atoms with Gasteiger partial charge in [-0.3, -0.25) is 0 Å². The maximum absolute atomic E-state index is 2.39. The first-order valence-electron chi connectivity index (χ1n) is 6.79.